The van der Waals surface area contributed by atoms with Crippen LogP contribution in [-0.2, 0) is 16.1 Å². The number of benzene rings is 2. The fraction of sp³-hybridized carbons (Fsp3) is 0.321. The fourth-order valence-electron chi connectivity index (χ4n) is 3.99. The molecule has 208 valence electrons. The summed E-state index contributed by atoms with van der Waals surface area (Å²) in [6, 6.07) is 15.1. The summed E-state index contributed by atoms with van der Waals surface area (Å²) in [5, 5.41) is 16.9. The first-order valence-corrected chi connectivity index (χ1v) is 12.6. The summed E-state index contributed by atoms with van der Waals surface area (Å²) in [7, 11) is 1.54. The van der Waals surface area contributed by atoms with E-state index in [1.54, 1.807) is 13.2 Å². The van der Waals surface area contributed by atoms with Gasteiger partial charge in [-0.05, 0) is 36.4 Å². The van der Waals surface area contributed by atoms with Gasteiger partial charge in [-0.3, -0.25) is 0 Å². The number of aliphatic hydroxyl groups is 1. The number of fused-ring (bicyclic) bond motifs is 1. The second-order valence-corrected chi connectivity index (χ2v) is 9.98. The van der Waals surface area contributed by atoms with Crippen molar-refractivity contribution < 1.29 is 19.4 Å². The molecule has 0 unspecified atom stereocenters. The van der Waals surface area contributed by atoms with Crippen molar-refractivity contribution in [1.29, 1.82) is 0 Å². The molecule has 2 aromatic carbocycles. The highest BCUT2D eigenvalue weighted by atomic mass is 35.5. The van der Waals surface area contributed by atoms with Crippen LogP contribution in [0.4, 0.5) is 11.5 Å². The van der Waals surface area contributed by atoms with Gasteiger partial charge in [0.25, 0.3) is 0 Å². The van der Waals surface area contributed by atoms with Gasteiger partial charge in [-0.2, -0.15) is 0 Å². The van der Waals surface area contributed by atoms with E-state index in [0.29, 0.717) is 42.1 Å². The van der Waals surface area contributed by atoms with Crippen LogP contribution in [0.2, 0.25) is 5.02 Å². The van der Waals surface area contributed by atoms with E-state index in [9.17, 15) is 0 Å². The molecule has 2 N–H and O–H groups in total. The molecule has 2 aromatic heterocycles. The highest BCUT2D eigenvalue weighted by molar-refractivity contribution is 6.32. The molecule has 4 rings (SSSR count). The Bertz CT molecular complexity index is 1420. The van der Waals surface area contributed by atoms with Gasteiger partial charge < -0.3 is 29.3 Å². The van der Waals surface area contributed by atoms with Crippen LogP contribution in [0.1, 0.15) is 26.3 Å². The maximum Gasteiger partial charge on any atom is 0.158 e. The maximum atomic E-state index is 8.92. The summed E-state index contributed by atoms with van der Waals surface area (Å²) in [6.07, 6.45) is 3.45. The van der Waals surface area contributed by atoms with E-state index < -0.39 is 0 Å². The average Bonchev–Trinajstić information content (AvgIpc) is 3.30. The third-order valence-corrected chi connectivity index (χ3v) is 5.98. The van der Waals surface area contributed by atoms with E-state index in [1.165, 1.54) is 6.33 Å². The van der Waals surface area contributed by atoms with Gasteiger partial charge in [-0.25, -0.2) is 9.97 Å². The summed E-state index contributed by atoms with van der Waals surface area (Å²) >= 11 is 6.61. The molecule has 0 aliphatic carbocycles. The molecule has 0 atom stereocenters. The third kappa shape index (κ3) is 7.60. The number of halogens is 2. The van der Waals surface area contributed by atoms with Crippen molar-refractivity contribution in [1.82, 2.24) is 14.5 Å². The number of ether oxygens (including phenoxy) is 2. The van der Waals surface area contributed by atoms with E-state index in [1.807, 2.05) is 53.2 Å². The minimum absolute atomic E-state index is 0. The van der Waals surface area contributed by atoms with Gasteiger partial charge >= 0.3 is 0 Å². The Morgan fingerprint density at radius 1 is 1.10 bits per heavy atom. The van der Waals surface area contributed by atoms with Crippen LogP contribution in [-0.4, -0.2) is 52.3 Å². The average molecular weight is 575 g/mol. The summed E-state index contributed by atoms with van der Waals surface area (Å²) < 4.78 is 13.5. The molecule has 0 aliphatic rings. The fourth-order valence-corrected chi connectivity index (χ4v) is 4.20. The minimum Gasteiger partial charge on any atom is -0.456 e. The zero-order chi connectivity index (χ0) is 27.1. The summed E-state index contributed by atoms with van der Waals surface area (Å²) in [5.74, 6) is 1.80. The largest absolute Gasteiger partial charge is 0.456 e. The van der Waals surface area contributed by atoms with E-state index in [4.69, 9.17) is 31.0 Å². The SMILES string of the molecule is CO/N=C(/c1cccc(Oc2ccc(Nc3ncnc4ccn(CCOCCO)c34)cc2Cl)c1)C(C)(C)C.Cl. The van der Waals surface area contributed by atoms with E-state index in [2.05, 4.69) is 41.2 Å². The van der Waals surface area contributed by atoms with Crippen LogP contribution in [0.5, 0.6) is 11.5 Å². The highest BCUT2D eigenvalue weighted by Crippen LogP contribution is 2.34. The van der Waals surface area contributed by atoms with Crippen molar-refractivity contribution in [2.75, 3.05) is 32.2 Å². The molecule has 39 heavy (non-hydrogen) atoms. The Morgan fingerprint density at radius 3 is 2.64 bits per heavy atom. The van der Waals surface area contributed by atoms with Crippen molar-refractivity contribution in [2.45, 2.75) is 27.3 Å². The van der Waals surface area contributed by atoms with Crippen molar-refractivity contribution in [3.8, 4) is 11.5 Å². The van der Waals surface area contributed by atoms with Crippen LogP contribution in [0.15, 0.2) is 66.2 Å². The van der Waals surface area contributed by atoms with Gasteiger partial charge in [0, 0.05) is 29.4 Å². The zero-order valence-corrected chi connectivity index (χ0v) is 23.9. The van der Waals surface area contributed by atoms with Crippen LogP contribution in [0.25, 0.3) is 11.0 Å². The summed E-state index contributed by atoms with van der Waals surface area (Å²) in [5.41, 5.74) is 3.92. The molecular formula is C28H33Cl2N5O4. The van der Waals surface area contributed by atoms with Gasteiger partial charge in [0.1, 0.15) is 30.5 Å². The van der Waals surface area contributed by atoms with Crippen LogP contribution >= 0.6 is 24.0 Å². The lowest BCUT2D eigenvalue weighted by molar-refractivity contribution is 0.0875. The molecule has 0 saturated heterocycles. The summed E-state index contributed by atoms with van der Waals surface area (Å²) in [6.45, 7) is 7.60. The molecule has 9 nitrogen and oxygen atoms in total. The number of anilines is 2. The first-order valence-electron chi connectivity index (χ1n) is 12.2. The lowest BCUT2D eigenvalue weighted by Gasteiger charge is -2.21. The number of oxime groups is 1. The number of aromatic nitrogens is 3. The second-order valence-electron chi connectivity index (χ2n) is 9.57. The van der Waals surface area contributed by atoms with Crippen molar-refractivity contribution in [3.05, 3.63) is 71.6 Å². The van der Waals surface area contributed by atoms with Gasteiger partial charge in [-0.15, -0.1) is 12.4 Å². The monoisotopic (exact) mass is 573 g/mol. The Morgan fingerprint density at radius 2 is 1.92 bits per heavy atom. The summed E-state index contributed by atoms with van der Waals surface area (Å²) in [4.78, 5) is 13.9. The number of rotatable bonds is 11. The Kier molecular flexibility index (Phi) is 10.5. The van der Waals surface area contributed by atoms with E-state index in [0.717, 1.165) is 28.0 Å². The van der Waals surface area contributed by atoms with E-state index >= 15 is 0 Å². The molecule has 0 aliphatic heterocycles. The molecule has 0 saturated carbocycles. The number of nitrogens with one attached hydrogen (secondary N) is 1. The topological polar surface area (TPSA) is 103 Å². The van der Waals surface area contributed by atoms with Crippen LogP contribution in [0.3, 0.4) is 0 Å². The maximum absolute atomic E-state index is 8.92. The van der Waals surface area contributed by atoms with E-state index in [-0.39, 0.29) is 24.4 Å². The number of hydrogen-bond acceptors (Lipinski definition) is 8. The first kappa shape index (κ1) is 30.2. The number of hydrogen-bond donors (Lipinski definition) is 2. The van der Waals surface area contributed by atoms with Crippen LogP contribution < -0.4 is 10.1 Å². The third-order valence-electron chi connectivity index (χ3n) is 5.69. The smallest absolute Gasteiger partial charge is 0.158 e. The molecule has 0 radical (unpaired) electrons. The number of nitrogens with zero attached hydrogens (tertiary/aromatic N) is 4. The lowest BCUT2D eigenvalue weighted by atomic mass is 9.85. The Labute approximate surface area is 239 Å². The van der Waals surface area contributed by atoms with Gasteiger partial charge in [0.2, 0.25) is 0 Å². The molecule has 0 fully saturated rings. The second kappa shape index (κ2) is 13.6. The Hall–Kier alpha value is -3.37. The molecule has 11 heteroatoms. The number of aliphatic hydroxyl groups excluding tert-OH is 1. The molecule has 0 amide bonds. The predicted octanol–water partition coefficient (Wildman–Crippen LogP) is 6.45. The van der Waals surface area contributed by atoms with Crippen LogP contribution in [0, 0.1) is 5.41 Å². The quantitative estimate of drug-likeness (QED) is 0.121. The van der Waals surface area contributed by atoms with Crippen molar-refractivity contribution in [3.63, 3.8) is 0 Å². The standard InChI is InChI=1S/C28H32ClN5O4.ClH/c1-28(2,3)26(33-36-4)19-6-5-7-21(16-19)38-24-9-8-20(17-22(24)29)32-27-25-23(30-18-31-27)10-11-34(25)12-14-37-15-13-35;/h5-11,16-18,35H,12-15H2,1-4H3,(H,30,31,32);1H/b33-26-;. The van der Waals surface area contributed by atoms with Gasteiger partial charge in [0.05, 0.1) is 36.1 Å². The molecular weight excluding hydrogens is 541 g/mol. The normalized spacial score (nSPS) is 11.8. The highest BCUT2D eigenvalue weighted by Gasteiger charge is 2.22. The molecule has 2 heterocycles. The molecule has 0 spiro atoms. The molecule has 0 bridgehead atoms. The predicted molar refractivity (Wildman–Crippen MR) is 157 cm³/mol. The molecule has 4 aromatic rings. The van der Waals surface area contributed by atoms with Gasteiger partial charge in [-0.1, -0.05) is 49.7 Å². The van der Waals surface area contributed by atoms with Crippen molar-refractivity contribution >= 4 is 52.3 Å². The van der Waals surface area contributed by atoms with Crippen molar-refractivity contribution in [2.24, 2.45) is 10.6 Å². The minimum atomic E-state index is -0.210. The Balaban J connectivity index is 0.00000420. The first-order chi connectivity index (χ1) is 18.3. The zero-order valence-electron chi connectivity index (χ0n) is 22.3. The lowest BCUT2D eigenvalue weighted by Crippen LogP contribution is -2.21. The van der Waals surface area contributed by atoms with Gasteiger partial charge in [0.15, 0.2) is 5.82 Å².